The number of hydrogen-bond acceptors (Lipinski definition) is 4. The van der Waals surface area contributed by atoms with Crippen LogP contribution in [0.5, 0.6) is 0 Å². The van der Waals surface area contributed by atoms with Crippen LogP contribution in [0.25, 0.3) is 10.2 Å². The van der Waals surface area contributed by atoms with Crippen molar-refractivity contribution in [3.63, 3.8) is 0 Å². The lowest BCUT2D eigenvalue weighted by atomic mass is 9.99. The number of nitrogens with zero attached hydrogens (tertiary/aromatic N) is 1. The summed E-state index contributed by atoms with van der Waals surface area (Å²) in [6.07, 6.45) is 6.64. The molecule has 0 fully saturated rings. The number of carbonyl (C=O) groups excluding carboxylic acids is 1. The van der Waals surface area contributed by atoms with E-state index in [0.29, 0.717) is 6.54 Å². The third kappa shape index (κ3) is 3.37. The number of para-hydroxylation sites is 1. The van der Waals surface area contributed by atoms with Gasteiger partial charge in [0.05, 0.1) is 20.1 Å². The zero-order valence-electron chi connectivity index (χ0n) is 13.5. The number of amides is 1. The summed E-state index contributed by atoms with van der Waals surface area (Å²) in [4.78, 5) is 19.2. The average Bonchev–Trinajstić information content (AvgIpc) is 3.21. The first-order chi connectivity index (χ1) is 11.8. The number of rotatable bonds is 5. The van der Waals surface area contributed by atoms with E-state index in [1.54, 1.807) is 22.7 Å². The molecule has 5 heteroatoms. The van der Waals surface area contributed by atoms with Crippen molar-refractivity contribution < 1.29 is 4.79 Å². The van der Waals surface area contributed by atoms with Crippen LogP contribution in [0.15, 0.2) is 30.3 Å². The van der Waals surface area contributed by atoms with Crippen molar-refractivity contribution in [2.45, 2.75) is 38.5 Å². The monoisotopic (exact) mass is 356 g/mol. The number of aryl methyl sites for hydroxylation is 3. The highest BCUT2D eigenvalue weighted by atomic mass is 32.1. The van der Waals surface area contributed by atoms with Gasteiger partial charge in [-0.15, -0.1) is 22.7 Å². The predicted molar refractivity (Wildman–Crippen MR) is 101 cm³/mol. The summed E-state index contributed by atoms with van der Waals surface area (Å²) in [5.74, 6) is 0.0821. The standard InChI is InChI=1S/C19H20N2OS2/c22-19(17-12-13-6-1-3-8-15(13)23-17)20-11-5-10-18-21-14-7-2-4-9-16(14)24-18/h2,4,7,9,12H,1,3,5-6,8,10-11H2,(H,20,22). The number of aromatic nitrogens is 1. The lowest BCUT2D eigenvalue weighted by Gasteiger charge is -2.08. The summed E-state index contributed by atoms with van der Waals surface area (Å²) in [5.41, 5.74) is 2.47. The first-order valence-corrected chi connectivity index (χ1v) is 10.2. The molecule has 4 rings (SSSR count). The van der Waals surface area contributed by atoms with Crippen LogP contribution in [0.1, 0.15) is 44.4 Å². The second-order valence-electron chi connectivity index (χ2n) is 6.20. The molecule has 0 atom stereocenters. The molecular weight excluding hydrogens is 336 g/mol. The molecular formula is C19H20N2OS2. The number of hydrogen-bond donors (Lipinski definition) is 1. The second kappa shape index (κ2) is 7.03. The first kappa shape index (κ1) is 15.8. The maximum Gasteiger partial charge on any atom is 0.261 e. The smallest absolute Gasteiger partial charge is 0.261 e. The van der Waals surface area contributed by atoms with E-state index in [9.17, 15) is 4.79 Å². The Morgan fingerprint density at radius 3 is 2.92 bits per heavy atom. The van der Waals surface area contributed by atoms with Crippen LogP contribution in [0, 0.1) is 0 Å². The zero-order valence-corrected chi connectivity index (χ0v) is 15.1. The minimum atomic E-state index is 0.0821. The van der Waals surface area contributed by atoms with Gasteiger partial charge in [0.2, 0.25) is 0 Å². The van der Waals surface area contributed by atoms with E-state index in [0.717, 1.165) is 41.1 Å². The number of fused-ring (bicyclic) bond motifs is 2. The van der Waals surface area contributed by atoms with Crippen LogP contribution in [0.2, 0.25) is 0 Å². The van der Waals surface area contributed by atoms with Gasteiger partial charge in [-0.1, -0.05) is 12.1 Å². The van der Waals surface area contributed by atoms with Crippen LogP contribution < -0.4 is 5.32 Å². The van der Waals surface area contributed by atoms with Crippen LogP contribution >= 0.6 is 22.7 Å². The molecule has 2 aromatic heterocycles. The van der Waals surface area contributed by atoms with Gasteiger partial charge in [0.1, 0.15) is 0 Å². The van der Waals surface area contributed by atoms with Crippen molar-refractivity contribution in [3.8, 4) is 0 Å². The van der Waals surface area contributed by atoms with Gasteiger partial charge < -0.3 is 5.32 Å². The van der Waals surface area contributed by atoms with E-state index >= 15 is 0 Å². The molecule has 0 bridgehead atoms. The van der Waals surface area contributed by atoms with E-state index < -0.39 is 0 Å². The molecule has 1 amide bonds. The van der Waals surface area contributed by atoms with Crippen molar-refractivity contribution in [2.24, 2.45) is 0 Å². The molecule has 1 aromatic carbocycles. The Balaban J connectivity index is 1.29. The third-order valence-corrected chi connectivity index (χ3v) is 6.74. The molecule has 2 heterocycles. The molecule has 124 valence electrons. The SMILES string of the molecule is O=C(NCCCc1nc2ccccc2s1)c1cc2c(s1)CCCC2. The van der Waals surface area contributed by atoms with Crippen molar-refractivity contribution >= 4 is 38.8 Å². The molecule has 0 unspecified atom stereocenters. The van der Waals surface area contributed by atoms with E-state index in [1.165, 1.54) is 28.0 Å². The van der Waals surface area contributed by atoms with Gasteiger partial charge in [0, 0.05) is 17.8 Å². The highest BCUT2D eigenvalue weighted by Gasteiger charge is 2.16. The predicted octanol–water partition coefficient (Wildman–Crippen LogP) is 4.60. The van der Waals surface area contributed by atoms with Crippen LogP contribution in [0.4, 0.5) is 0 Å². The number of nitrogens with one attached hydrogen (secondary N) is 1. The van der Waals surface area contributed by atoms with Crippen LogP contribution in [0.3, 0.4) is 0 Å². The fourth-order valence-electron chi connectivity index (χ4n) is 3.16. The van der Waals surface area contributed by atoms with Gasteiger partial charge in [-0.05, 0) is 55.9 Å². The molecule has 0 radical (unpaired) electrons. The molecule has 1 aliphatic carbocycles. The quantitative estimate of drug-likeness (QED) is 0.679. The fourth-order valence-corrected chi connectivity index (χ4v) is 5.34. The molecule has 24 heavy (non-hydrogen) atoms. The van der Waals surface area contributed by atoms with Gasteiger partial charge in [0.25, 0.3) is 5.91 Å². The Bertz CT molecular complexity index is 809. The topological polar surface area (TPSA) is 42.0 Å². The lowest BCUT2D eigenvalue weighted by Crippen LogP contribution is -2.23. The number of carbonyl (C=O) groups is 1. The Labute approximate surface area is 149 Å². The largest absolute Gasteiger partial charge is 0.351 e. The Hall–Kier alpha value is -1.72. The van der Waals surface area contributed by atoms with Crippen LogP contribution in [-0.2, 0) is 19.3 Å². The van der Waals surface area contributed by atoms with Gasteiger partial charge in [-0.3, -0.25) is 4.79 Å². The average molecular weight is 357 g/mol. The van der Waals surface area contributed by atoms with Gasteiger partial charge >= 0.3 is 0 Å². The van der Waals surface area contributed by atoms with Gasteiger partial charge in [-0.25, -0.2) is 4.98 Å². The Morgan fingerprint density at radius 2 is 2.04 bits per heavy atom. The fraction of sp³-hybridized carbons (Fsp3) is 0.368. The van der Waals surface area contributed by atoms with E-state index in [1.807, 2.05) is 12.1 Å². The van der Waals surface area contributed by atoms with Gasteiger partial charge in [-0.2, -0.15) is 0 Å². The minimum absolute atomic E-state index is 0.0821. The Kier molecular flexibility index (Phi) is 4.63. The molecule has 3 aromatic rings. The lowest BCUT2D eigenvalue weighted by molar-refractivity contribution is 0.0957. The first-order valence-electron chi connectivity index (χ1n) is 8.54. The maximum absolute atomic E-state index is 12.3. The van der Waals surface area contributed by atoms with Crippen molar-refractivity contribution in [3.05, 3.63) is 50.7 Å². The molecule has 0 saturated heterocycles. The number of benzene rings is 1. The number of thiazole rings is 1. The summed E-state index contributed by atoms with van der Waals surface area (Å²) in [5, 5.41) is 4.21. The third-order valence-electron chi connectivity index (χ3n) is 4.41. The second-order valence-corrected chi connectivity index (χ2v) is 8.45. The molecule has 0 saturated carbocycles. The summed E-state index contributed by atoms with van der Waals surface area (Å²) in [7, 11) is 0. The highest BCUT2D eigenvalue weighted by Crippen LogP contribution is 2.29. The maximum atomic E-state index is 12.3. The molecule has 0 spiro atoms. The summed E-state index contributed by atoms with van der Waals surface area (Å²) < 4.78 is 1.24. The number of thiophene rings is 1. The zero-order chi connectivity index (χ0) is 16.4. The summed E-state index contributed by atoms with van der Waals surface area (Å²) in [6, 6.07) is 10.3. The molecule has 1 N–H and O–H groups in total. The summed E-state index contributed by atoms with van der Waals surface area (Å²) >= 11 is 3.43. The Morgan fingerprint density at radius 1 is 1.17 bits per heavy atom. The van der Waals surface area contributed by atoms with E-state index in [2.05, 4.69) is 28.5 Å². The summed E-state index contributed by atoms with van der Waals surface area (Å²) in [6.45, 7) is 0.706. The molecule has 1 aliphatic rings. The van der Waals surface area contributed by atoms with Gasteiger partial charge in [0.15, 0.2) is 0 Å². The molecule has 3 nitrogen and oxygen atoms in total. The normalized spacial score (nSPS) is 13.8. The van der Waals surface area contributed by atoms with Crippen molar-refractivity contribution in [1.29, 1.82) is 0 Å². The van der Waals surface area contributed by atoms with E-state index in [4.69, 9.17) is 0 Å². The highest BCUT2D eigenvalue weighted by molar-refractivity contribution is 7.18. The molecule has 0 aliphatic heterocycles. The van der Waals surface area contributed by atoms with Crippen molar-refractivity contribution in [1.82, 2.24) is 10.3 Å². The van der Waals surface area contributed by atoms with Crippen molar-refractivity contribution in [2.75, 3.05) is 6.54 Å². The van der Waals surface area contributed by atoms with E-state index in [-0.39, 0.29) is 5.91 Å². The minimum Gasteiger partial charge on any atom is -0.351 e. The van der Waals surface area contributed by atoms with Crippen LogP contribution in [-0.4, -0.2) is 17.4 Å².